The zero-order chi connectivity index (χ0) is 25.7. The number of carbonyl (C=O) groups is 1. The highest BCUT2D eigenvalue weighted by atomic mass is 16.5. The number of carbonyl (C=O) groups excluding carboxylic acids is 1. The lowest BCUT2D eigenvalue weighted by Crippen LogP contribution is -2.66. The van der Waals surface area contributed by atoms with Crippen LogP contribution < -0.4 is 0 Å². The molecule has 0 aromatic heterocycles. The molecule has 3 aliphatic carbocycles. The number of ether oxygens (including phenoxy) is 3. The largest absolute Gasteiger partial charge is 0.497 e. The van der Waals surface area contributed by atoms with Crippen LogP contribution in [0.25, 0.3) is 0 Å². The number of esters is 1. The standard InChI is InChI=1S/C30H43NO4/c1-25(2)11-13-30(24(32)33-8)14-12-29(7)23(20(30)16-25)34-18-22-27(5)15-19(17-31)35-26(3,4)21(27)9-10-28(22,29)6/h15,18,20-21,23H,9-14,16H2,1-8H3/t20-,21?,23-,27+,28-,29-,30+/m1/s1. The first-order valence-electron chi connectivity index (χ1n) is 13.5. The first-order valence-corrected chi connectivity index (χ1v) is 13.5. The Kier molecular flexibility index (Phi) is 5.15. The second-order valence-electron chi connectivity index (χ2n) is 14.2. The molecule has 0 aromatic carbocycles. The molecule has 192 valence electrons. The second kappa shape index (κ2) is 7.30. The summed E-state index contributed by atoms with van der Waals surface area (Å²) in [7, 11) is 1.54. The number of hydrogen-bond acceptors (Lipinski definition) is 5. The van der Waals surface area contributed by atoms with Crippen LogP contribution >= 0.6 is 0 Å². The van der Waals surface area contributed by atoms with Crippen molar-refractivity contribution in [3.05, 3.63) is 23.7 Å². The summed E-state index contributed by atoms with van der Waals surface area (Å²) in [6.07, 6.45) is 10.8. The molecule has 0 N–H and O–H groups in total. The van der Waals surface area contributed by atoms with Crippen LogP contribution in [0, 0.1) is 50.2 Å². The first kappa shape index (κ1) is 24.7. The SMILES string of the molecule is COC(=O)[C@]12CCC(C)(C)C[C@@H]1[C@H]1OC=C3[C@@]4(C)C=C(C#N)OC(C)(C)C4CC[C@@]3(C)[C@]1(C)CC2. The molecule has 3 fully saturated rings. The fraction of sp³-hybridized carbons (Fsp3) is 0.800. The molecular formula is C30H43NO4. The molecule has 5 nitrogen and oxygen atoms in total. The number of nitrogens with zero attached hydrogens (tertiary/aromatic N) is 1. The van der Waals surface area contributed by atoms with E-state index in [9.17, 15) is 10.1 Å². The van der Waals surface area contributed by atoms with Gasteiger partial charge in [0.05, 0.1) is 18.8 Å². The number of allylic oxidation sites excluding steroid dienone is 3. The van der Waals surface area contributed by atoms with Crippen molar-refractivity contribution in [2.45, 2.75) is 105 Å². The van der Waals surface area contributed by atoms with E-state index in [2.05, 4.69) is 60.6 Å². The molecule has 5 heteroatoms. The van der Waals surface area contributed by atoms with Gasteiger partial charge in [0.2, 0.25) is 0 Å². The Bertz CT molecular complexity index is 1050. The lowest BCUT2D eigenvalue weighted by atomic mass is 9.38. The monoisotopic (exact) mass is 481 g/mol. The van der Waals surface area contributed by atoms with Crippen molar-refractivity contribution in [1.82, 2.24) is 0 Å². The smallest absolute Gasteiger partial charge is 0.312 e. The highest BCUT2D eigenvalue weighted by Gasteiger charge is 2.70. The van der Waals surface area contributed by atoms with E-state index in [4.69, 9.17) is 14.2 Å². The van der Waals surface area contributed by atoms with Gasteiger partial charge in [-0.25, -0.2) is 0 Å². The molecule has 5 aliphatic rings. The van der Waals surface area contributed by atoms with Crippen molar-refractivity contribution in [2.24, 2.45) is 38.9 Å². The Morgan fingerprint density at radius 3 is 2.40 bits per heavy atom. The molecule has 0 radical (unpaired) electrons. The summed E-state index contributed by atoms with van der Waals surface area (Å²) in [6.45, 7) is 16.0. The van der Waals surface area contributed by atoms with Gasteiger partial charge >= 0.3 is 5.97 Å². The van der Waals surface area contributed by atoms with E-state index in [-0.39, 0.29) is 45.6 Å². The molecule has 0 spiro atoms. The summed E-state index contributed by atoms with van der Waals surface area (Å²) >= 11 is 0. The van der Waals surface area contributed by atoms with Crippen LogP contribution in [-0.4, -0.2) is 24.8 Å². The van der Waals surface area contributed by atoms with Crippen LogP contribution in [0.15, 0.2) is 23.7 Å². The minimum Gasteiger partial charge on any atom is -0.497 e. The average molecular weight is 482 g/mol. The van der Waals surface area contributed by atoms with Crippen LogP contribution in [0.3, 0.4) is 0 Å². The van der Waals surface area contributed by atoms with E-state index in [0.717, 1.165) is 44.9 Å². The fourth-order valence-corrected chi connectivity index (χ4v) is 9.41. The Morgan fingerprint density at radius 2 is 1.74 bits per heavy atom. The van der Waals surface area contributed by atoms with E-state index in [1.807, 2.05) is 6.26 Å². The Hall–Kier alpha value is -1.96. The van der Waals surface area contributed by atoms with Gasteiger partial charge in [-0.15, -0.1) is 0 Å². The maximum Gasteiger partial charge on any atom is 0.312 e. The fourth-order valence-electron chi connectivity index (χ4n) is 9.41. The van der Waals surface area contributed by atoms with E-state index >= 15 is 0 Å². The van der Waals surface area contributed by atoms with Crippen LogP contribution in [-0.2, 0) is 19.0 Å². The van der Waals surface area contributed by atoms with E-state index < -0.39 is 11.0 Å². The Morgan fingerprint density at radius 1 is 1.06 bits per heavy atom. The van der Waals surface area contributed by atoms with E-state index in [1.54, 1.807) is 0 Å². The van der Waals surface area contributed by atoms with E-state index in [0.29, 0.717) is 5.76 Å². The molecule has 0 aromatic rings. The number of hydrogen-bond donors (Lipinski definition) is 0. The molecule has 2 aliphatic heterocycles. The third-order valence-corrected chi connectivity index (χ3v) is 11.6. The van der Waals surface area contributed by atoms with Gasteiger partial charge in [0.25, 0.3) is 0 Å². The van der Waals surface area contributed by atoms with Crippen molar-refractivity contribution in [3.63, 3.8) is 0 Å². The van der Waals surface area contributed by atoms with Crippen LogP contribution in [0.1, 0.15) is 93.4 Å². The highest BCUT2D eigenvalue weighted by Crippen LogP contribution is 2.72. The van der Waals surface area contributed by atoms with Gasteiger partial charge in [-0.1, -0.05) is 34.6 Å². The highest BCUT2D eigenvalue weighted by molar-refractivity contribution is 5.78. The lowest BCUT2D eigenvalue weighted by Gasteiger charge is -2.68. The van der Waals surface area contributed by atoms with Crippen LogP contribution in [0.5, 0.6) is 0 Å². The quantitative estimate of drug-likeness (QED) is 0.390. The molecule has 3 saturated carbocycles. The van der Waals surface area contributed by atoms with Crippen molar-refractivity contribution in [1.29, 1.82) is 5.26 Å². The molecule has 7 atom stereocenters. The van der Waals surface area contributed by atoms with Gasteiger partial charge < -0.3 is 14.2 Å². The molecule has 0 saturated heterocycles. The van der Waals surface area contributed by atoms with Gasteiger partial charge in [-0.05, 0) is 75.9 Å². The molecular weight excluding hydrogens is 438 g/mol. The minimum absolute atomic E-state index is 0.0314. The maximum atomic E-state index is 13.3. The average Bonchev–Trinajstić information content (AvgIpc) is 2.77. The van der Waals surface area contributed by atoms with Gasteiger partial charge in [-0.2, -0.15) is 5.26 Å². The molecule has 35 heavy (non-hydrogen) atoms. The lowest BCUT2D eigenvalue weighted by molar-refractivity contribution is -0.218. The predicted octanol–water partition coefficient (Wildman–Crippen LogP) is 6.69. The van der Waals surface area contributed by atoms with Crippen molar-refractivity contribution < 1.29 is 19.0 Å². The van der Waals surface area contributed by atoms with Gasteiger partial charge in [-0.3, -0.25) is 4.79 Å². The summed E-state index contributed by atoms with van der Waals surface area (Å²) in [5.41, 5.74) is 0.0913. The molecule has 2 heterocycles. The zero-order valence-corrected chi connectivity index (χ0v) is 22.9. The predicted molar refractivity (Wildman–Crippen MR) is 134 cm³/mol. The van der Waals surface area contributed by atoms with Crippen LogP contribution in [0.2, 0.25) is 0 Å². The normalized spacial score (nSPS) is 47.0. The van der Waals surface area contributed by atoms with Crippen molar-refractivity contribution in [3.8, 4) is 6.07 Å². The van der Waals surface area contributed by atoms with Crippen LogP contribution in [0.4, 0.5) is 0 Å². The number of rotatable bonds is 1. The number of fused-ring (bicyclic) bond motifs is 7. The summed E-state index contributed by atoms with van der Waals surface area (Å²) in [6, 6.07) is 2.28. The summed E-state index contributed by atoms with van der Waals surface area (Å²) < 4.78 is 18.4. The molecule has 0 bridgehead atoms. The third kappa shape index (κ3) is 3.07. The number of methoxy groups -OCH3 is 1. The molecule has 0 amide bonds. The first-order chi connectivity index (χ1) is 16.2. The van der Waals surface area contributed by atoms with Crippen molar-refractivity contribution in [2.75, 3.05) is 7.11 Å². The summed E-state index contributed by atoms with van der Waals surface area (Å²) in [5, 5.41) is 9.77. The van der Waals surface area contributed by atoms with E-state index in [1.165, 1.54) is 12.7 Å². The number of nitriles is 1. The minimum atomic E-state index is -0.453. The Labute approximate surface area is 211 Å². The Balaban J connectivity index is 1.64. The summed E-state index contributed by atoms with van der Waals surface area (Å²) in [4.78, 5) is 13.3. The molecule has 1 unspecified atom stereocenters. The van der Waals surface area contributed by atoms with Crippen molar-refractivity contribution >= 4 is 5.97 Å². The maximum absolute atomic E-state index is 13.3. The molecule has 5 rings (SSSR count). The van der Waals surface area contributed by atoms with Gasteiger partial charge in [0.1, 0.15) is 17.8 Å². The van der Waals surface area contributed by atoms with Gasteiger partial charge in [0.15, 0.2) is 5.76 Å². The second-order valence-corrected chi connectivity index (χ2v) is 14.2. The third-order valence-electron chi connectivity index (χ3n) is 11.6. The summed E-state index contributed by atoms with van der Waals surface area (Å²) in [5.74, 6) is 0.760. The van der Waals surface area contributed by atoms with Gasteiger partial charge in [0, 0.05) is 28.1 Å². The topological polar surface area (TPSA) is 68.5 Å². The zero-order valence-electron chi connectivity index (χ0n) is 22.9.